The van der Waals surface area contributed by atoms with E-state index in [2.05, 4.69) is 0 Å². The molecule has 0 aromatic heterocycles. The monoisotopic (exact) mass is 262 g/mol. The Morgan fingerprint density at radius 2 is 2.00 bits per heavy atom. The Labute approximate surface area is 112 Å². The largest absolute Gasteiger partial charge is 0.481 e. The van der Waals surface area contributed by atoms with Crippen LogP contribution >= 0.6 is 0 Å². The fraction of sp³-hybridized carbons (Fsp3) is 0.429. The van der Waals surface area contributed by atoms with Gasteiger partial charge in [-0.15, -0.1) is 0 Å². The molecule has 1 aromatic carbocycles. The van der Waals surface area contributed by atoms with Crippen molar-refractivity contribution >= 4 is 17.6 Å². The second-order valence-electron chi connectivity index (χ2n) is 4.81. The van der Waals surface area contributed by atoms with Crippen molar-refractivity contribution < 1.29 is 14.7 Å². The molecule has 0 radical (unpaired) electrons. The van der Waals surface area contributed by atoms with Crippen molar-refractivity contribution in [1.82, 2.24) is 0 Å². The van der Waals surface area contributed by atoms with Gasteiger partial charge in [-0.25, -0.2) is 0 Å². The standard InChI is InChI=1S/C14H18N2O3/c1-2-11-10(8-12(17)18)13(15)14(19)16(11)9-6-4-3-5-7-9/h3-7,10-11,13H,2,8,15H2,1H3,(H,17,18). The number of para-hydroxylation sites is 1. The highest BCUT2D eigenvalue weighted by Gasteiger charge is 2.46. The molecule has 1 heterocycles. The highest BCUT2D eigenvalue weighted by atomic mass is 16.4. The fourth-order valence-electron chi connectivity index (χ4n) is 2.80. The van der Waals surface area contributed by atoms with Crippen molar-refractivity contribution in [2.45, 2.75) is 31.8 Å². The van der Waals surface area contributed by atoms with E-state index in [1.807, 2.05) is 37.3 Å². The van der Waals surface area contributed by atoms with Crippen molar-refractivity contribution in [3.63, 3.8) is 0 Å². The molecular weight excluding hydrogens is 244 g/mol. The summed E-state index contributed by atoms with van der Waals surface area (Å²) < 4.78 is 0. The van der Waals surface area contributed by atoms with Gasteiger partial charge in [-0.1, -0.05) is 25.1 Å². The number of nitrogens with two attached hydrogens (primary N) is 1. The number of carboxylic acid groups (broad SMARTS) is 1. The molecule has 1 amide bonds. The molecule has 1 fully saturated rings. The maximum absolute atomic E-state index is 12.3. The number of carbonyl (C=O) groups excluding carboxylic acids is 1. The summed E-state index contributed by atoms with van der Waals surface area (Å²) in [5.74, 6) is -1.44. The molecule has 1 aliphatic heterocycles. The number of hydrogen-bond donors (Lipinski definition) is 2. The molecule has 5 heteroatoms. The van der Waals surface area contributed by atoms with E-state index in [9.17, 15) is 9.59 Å². The predicted molar refractivity (Wildman–Crippen MR) is 71.7 cm³/mol. The van der Waals surface area contributed by atoms with E-state index in [-0.39, 0.29) is 24.3 Å². The molecule has 0 aliphatic carbocycles. The Bertz CT molecular complexity index is 475. The molecule has 2 rings (SSSR count). The molecule has 1 saturated heterocycles. The van der Waals surface area contributed by atoms with Gasteiger partial charge in [0.15, 0.2) is 0 Å². The first kappa shape index (κ1) is 13.5. The fourth-order valence-corrected chi connectivity index (χ4v) is 2.80. The first-order valence-electron chi connectivity index (χ1n) is 6.41. The third-order valence-corrected chi connectivity index (χ3v) is 3.67. The molecule has 3 N–H and O–H groups in total. The van der Waals surface area contributed by atoms with Gasteiger partial charge in [-0.2, -0.15) is 0 Å². The van der Waals surface area contributed by atoms with Crippen LogP contribution in [0.2, 0.25) is 0 Å². The molecule has 3 unspecified atom stereocenters. The van der Waals surface area contributed by atoms with Crippen LogP contribution in [0, 0.1) is 5.92 Å². The van der Waals surface area contributed by atoms with Gasteiger partial charge < -0.3 is 15.7 Å². The Morgan fingerprint density at radius 3 is 2.53 bits per heavy atom. The third-order valence-electron chi connectivity index (χ3n) is 3.67. The number of nitrogens with zero attached hydrogens (tertiary/aromatic N) is 1. The predicted octanol–water partition coefficient (Wildman–Crippen LogP) is 1.23. The molecule has 1 aliphatic rings. The van der Waals surface area contributed by atoms with Crippen molar-refractivity contribution in [1.29, 1.82) is 0 Å². The lowest BCUT2D eigenvalue weighted by Gasteiger charge is -2.26. The summed E-state index contributed by atoms with van der Waals surface area (Å²) >= 11 is 0. The zero-order valence-corrected chi connectivity index (χ0v) is 10.8. The maximum atomic E-state index is 12.3. The molecule has 1 aromatic rings. The number of carbonyl (C=O) groups is 2. The van der Waals surface area contributed by atoms with Crippen LogP contribution in [-0.4, -0.2) is 29.1 Å². The van der Waals surface area contributed by atoms with Gasteiger partial charge in [0.25, 0.3) is 0 Å². The highest BCUT2D eigenvalue weighted by molar-refractivity contribution is 6.01. The van der Waals surface area contributed by atoms with Crippen LogP contribution in [0.25, 0.3) is 0 Å². The Balaban J connectivity index is 2.33. The first-order chi connectivity index (χ1) is 9.06. The van der Waals surface area contributed by atoms with Gasteiger partial charge in [-0.05, 0) is 18.6 Å². The number of amides is 1. The number of benzene rings is 1. The summed E-state index contributed by atoms with van der Waals surface area (Å²) in [7, 11) is 0. The number of anilines is 1. The second kappa shape index (κ2) is 5.40. The first-order valence-corrected chi connectivity index (χ1v) is 6.41. The lowest BCUT2D eigenvalue weighted by molar-refractivity contribution is -0.138. The summed E-state index contributed by atoms with van der Waals surface area (Å²) in [4.78, 5) is 24.9. The zero-order valence-electron chi connectivity index (χ0n) is 10.8. The van der Waals surface area contributed by atoms with Crippen LogP contribution in [0.1, 0.15) is 19.8 Å². The molecule has 0 spiro atoms. The molecule has 19 heavy (non-hydrogen) atoms. The van der Waals surface area contributed by atoms with Gasteiger partial charge in [0.1, 0.15) is 0 Å². The molecule has 5 nitrogen and oxygen atoms in total. The molecular formula is C14H18N2O3. The van der Waals surface area contributed by atoms with E-state index < -0.39 is 12.0 Å². The van der Waals surface area contributed by atoms with Gasteiger partial charge in [0.05, 0.1) is 12.5 Å². The van der Waals surface area contributed by atoms with Gasteiger partial charge in [0, 0.05) is 17.6 Å². The summed E-state index contributed by atoms with van der Waals surface area (Å²) in [5, 5.41) is 8.96. The minimum Gasteiger partial charge on any atom is -0.481 e. The van der Waals surface area contributed by atoms with Crippen LogP contribution in [0.3, 0.4) is 0 Å². The molecule has 3 atom stereocenters. The normalized spacial score (nSPS) is 26.7. The molecule has 0 bridgehead atoms. The van der Waals surface area contributed by atoms with Gasteiger partial charge >= 0.3 is 5.97 Å². The number of carboxylic acids is 1. The Hall–Kier alpha value is -1.88. The number of aliphatic carboxylic acids is 1. The minimum atomic E-state index is -0.915. The molecule has 102 valence electrons. The Kier molecular flexibility index (Phi) is 3.85. The summed E-state index contributed by atoms with van der Waals surface area (Å²) in [6, 6.07) is 8.38. The van der Waals surface area contributed by atoms with Crippen molar-refractivity contribution in [2.75, 3.05) is 4.90 Å². The van der Waals surface area contributed by atoms with Gasteiger partial charge in [0.2, 0.25) is 5.91 Å². The lowest BCUT2D eigenvalue weighted by atomic mass is 9.91. The highest BCUT2D eigenvalue weighted by Crippen LogP contribution is 2.33. The SMILES string of the molecule is CCC1C(CC(=O)O)C(N)C(=O)N1c1ccccc1. The van der Waals surface area contributed by atoms with E-state index in [1.54, 1.807) is 4.90 Å². The van der Waals surface area contributed by atoms with E-state index in [0.29, 0.717) is 6.42 Å². The summed E-state index contributed by atoms with van der Waals surface area (Å²) in [6.45, 7) is 1.95. The minimum absolute atomic E-state index is 0.0747. The van der Waals surface area contributed by atoms with Crippen LogP contribution in [0.4, 0.5) is 5.69 Å². The number of hydrogen-bond acceptors (Lipinski definition) is 3. The smallest absolute Gasteiger partial charge is 0.303 e. The maximum Gasteiger partial charge on any atom is 0.303 e. The average molecular weight is 262 g/mol. The average Bonchev–Trinajstić information content (AvgIpc) is 2.63. The van der Waals surface area contributed by atoms with E-state index in [1.165, 1.54) is 0 Å². The second-order valence-corrected chi connectivity index (χ2v) is 4.81. The topological polar surface area (TPSA) is 83.6 Å². The molecule has 0 saturated carbocycles. The summed E-state index contributed by atoms with van der Waals surface area (Å²) in [6.07, 6.45) is 0.612. The van der Waals surface area contributed by atoms with Crippen LogP contribution in [0.15, 0.2) is 30.3 Å². The van der Waals surface area contributed by atoms with E-state index in [0.717, 1.165) is 5.69 Å². The van der Waals surface area contributed by atoms with E-state index in [4.69, 9.17) is 10.8 Å². The van der Waals surface area contributed by atoms with Crippen LogP contribution in [-0.2, 0) is 9.59 Å². The summed E-state index contributed by atoms with van der Waals surface area (Å²) in [5.41, 5.74) is 6.69. The van der Waals surface area contributed by atoms with Gasteiger partial charge in [-0.3, -0.25) is 9.59 Å². The van der Waals surface area contributed by atoms with Crippen molar-refractivity contribution in [3.8, 4) is 0 Å². The third kappa shape index (κ3) is 2.46. The van der Waals surface area contributed by atoms with E-state index >= 15 is 0 Å². The van der Waals surface area contributed by atoms with Crippen LogP contribution in [0.5, 0.6) is 0 Å². The zero-order chi connectivity index (χ0) is 14.0. The van der Waals surface area contributed by atoms with Crippen molar-refractivity contribution in [2.24, 2.45) is 11.7 Å². The number of rotatable bonds is 4. The Morgan fingerprint density at radius 1 is 1.37 bits per heavy atom. The van der Waals surface area contributed by atoms with Crippen molar-refractivity contribution in [3.05, 3.63) is 30.3 Å². The lowest BCUT2D eigenvalue weighted by Crippen LogP contribution is -2.36. The van der Waals surface area contributed by atoms with Crippen LogP contribution < -0.4 is 10.6 Å². The quantitative estimate of drug-likeness (QED) is 0.854.